The average molecular weight is 218 g/mol. The maximum atomic E-state index is 11.8. The lowest BCUT2D eigenvalue weighted by Gasteiger charge is -2.12. The Kier molecular flexibility index (Phi) is 2.97. The third-order valence-corrected chi connectivity index (χ3v) is 3.26. The van der Waals surface area contributed by atoms with Gasteiger partial charge in [0.15, 0.2) is 0 Å². The van der Waals surface area contributed by atoms with E-state index in [0.29, 0.717) is 13.1 Å². The first-order valence-corrected chi connectivity index (χ1v) is 5.70. The van der Waals surface area contributed by atoms with Gasteiger partial charge in [-0.3, -0.25) is 4.79 Å². The molecule has 3 N–H and O–H groups in total. The molecule has 1 amide bonds. The Bertz CT molecular complexity index is 397. The summed E-state index contributed by atoms with van der Waals surface area (Å²) >= 11 is 0. The highest BCUT2D eigenvalue weighted by molar-refractivity contribution is 5.85. The smallest absolute Gasteiger partial charge is 0.227 e. The molecule has 16 heavy (non-hydrogen) atoms. The van der Waals surface area contributed by atoms with Gasteiger partial charge in [0.1, 0.15) is 0 Å². The standard InChI is InChI=1S/C13H18N2O/c1-10-3-2-4-11(7-10)8-15-12(16)13(9-14)5-6-13/h2-4,7H,5-6,8-9,14H2,1H3,(H,15,16). The molecule has 1 saturated carbocycles. The van der Waals surface area contributed by atoms with Gasteiger partial charge in [-0.25, -0.2) is 0 Å². The summed E-state index contributed by atoms with van der Waals surface area (Å²) in [6.07, 6.45) is 1.87. The molecule has 0 unspecified atom stereocenters. The highest BCUT2D eigenvalue weighted by Crippen LogP contribution is 2.44. The van der Waals surface area contributed by atoms with Crippen LogP contribution in [0.2, 0.25) is 0 Å². The first kappa shape index (κ1) is 11.1. The second-order valence-corrected chi connectivity index (χ2v) is 4.66. The first-order valence-electron chi connectivity index (χ1n) is 5.70. The van der Waals surface area contributed by atoms with Crippen LogP contribution in [-0.2, 0) is 11.3 Å². The molecule has 0 aliphatic heterocycles. The first-order chi connectivity index (χ1) is 7.66. The Morgan fingerprint density at radius 2 is 2.25 bits per heavy atom. The fourth-order valence-corrected chi connectivity index (χ4v) is 1.87. The van der Waals surface area contributed by atoms with Crippen molar-refractivity contribution in [2.24, 2.45) is 11.1 Å². The molecule has 2 rings (SSSR count). The van der Waals surface area contributed by atoms with Crippen molar-refractivity contribution in [1.29, 1.82) is 0 Å². The van der Waals surface area contributed by atoms with Crippen LogP contribution in [0.1, 0.15) is 24.0 Å². The van der Waals surface area contributed by atoms with Crippen molar-refractivity contribution in [2.75, 3.05) is 6.54 Å². The summed E-state index contributed by atoms with van der Waals surface area (Å²) in [5, 5.41) is 2.96. The van der Waals surface area contributed by atoms with E-state index in [-0.39, 0.29) is 11.3 Å². The summed E-state index contributed by atoms with van der Waals surface area (Å²) in [5.74, 6) is 0.108. The van der Waals surface area contributed by atoms with Gasteiger partial charge in [0.2, 0.25) is 5.91 Å². The van der Waals surface area contributed by atoms with Gasteiger partial charge < -0.3 is 11.1 Å². The number of amides is 1. The van der Waals surface area contributed by atoms with Gasteiger partial charge in [0.05, 0.1) is 5.41 Å². The zero-order valence-electron chi connectivity index (χ0n) is 9.62. The van der Waals surface area contributed by atoms with E-state index in [0.717, 1.165) is 18.4 Å². The number of benzene rings is 1. The monoisotopic (exact) mass is 218 g/mol. The Morgan fingerprint density at radius 1 is 1.50 bits per heavy atom. The summed E-state index contributed by atoms with van der Waals surface area (Å²) < 4.78 is 0. The lowest BCUT2D eigenvalue weighted by Crippen LogP contribution is -2.36. The lowest BCUT2D eigenvalue weighted by atomic mass is 10.1. The van der Waals surface area contributed by atoms with Crippen LogP contribution in [0.5, 0.6) is 0 Å². The third-order valence-electron chi connectivity index (χ3n) is 3.26. The van der Waals surface area contributed by atoms with Crippen LogP contribution in [0.4, 0.5) is 0 Å². The van der Waals surface area contributed by atoms with Crippen LogP contribution < -0.4 is 11.1 Å². The second kappa shape index (κ2) is 4.26. The van der Waals surface area contributed by atoms with Crippen LogP contribution in [0.3, 0.4) is 0 Å². The largest absolute Gasteiger partial charge is 0.352 e. The second-order valence-electron chi connectivity index (χ2n) is 4.66. The molecule has 0 bridgehead atoms. The van der Waals surface area contributed by atoms with Gasteiger partial charge in [-0.05, 0) is 25.3 Å². The molecule has 1 aliphatic rings. The number of rotatable bonds is 4. The molecule has 0 saturated heterocycles. The van der Waals surface area contributed by atoms with Gasteiger partial charge in [0, 0.05) is 13.1 Å². The number of carbonyl (C=O) groups is 1. The van der Waals surface area contributed by atoms with Crippen molar-refractivity contribution in [1.82, 2.24) is 5.32 Å². The van der Waals surface area contributed by atoms with Crippen LogP contribution >= 0.6 is 0 Å². The zero-order chi connectivity index (χ0) is 11.6. The lowest BCUT2D eigenvalue weighted by molar-refractivity contribution is -0.126. The predicted octanol–water partition coefficient (Wildman–Crippen LogP) is 1.35. The van der Waals surface area contributed by atoms with Gasteiger partial charge in [-0.2, -0.15) is 0 Å². The quantitative estimate of drug-likeness (QED) is 0.801. The Hall–Kier alpha value is -1.35. The third kappa shape index (κ3) is 2.25. The van der Waals surface area contributed by atoms with E-state index in [9.17, 15) is 4.79 Å². The zero-order valence-corrected chi connectivity index (χ0v) is 9.62. The van der Waals surface area contributed by atoms with E-state index in [1.165, 1.54) is 5.56 Å². The molecule has 1 aliphatic carbocycles. The van der Waals surface area contributed by atoms with Crippen molar-refractivity contribution in [3.63, 3.8) is 0 Å². The van der Waals surface area contributed by atoms with Crippen LogP contribution in [-0.4, -0.2) is 12.5 Å². The fourth-order valence-electron chi connectivity index (χ4n) is 1.87. The van der Waals surface area contributed by atoms with Gasteiger partial charge in [-0.1, -0.05) is 29.8 Å². The molecule has 0 atom stereocenters. The number of aryl methyl sites for hydroxylation is 1. The molecule has 0 aromatic heterocycles. The highest BCUT2D eigenvalue weighted by Gasteiger charge is 2.48. The van der Waals surface area contributed by atoms with E-state index in [4.69, 9.17) is 5.73 Å². The summed E-state index contributed by atoms with van der Waals surface area (Å²) in [4.78, 5) is 11.8. The predicted molar refractivity (Wildman–Crippen MR) is 63.7 cm³/mol. The van der Waals surface area contributed by atoms with E-state index >= 15 is 0 Å². The molecular formula is C13H18N2O. The van der Waals surface area contributed by atoms with Gasteiger partial charge in [0.25, 0.3) is 0 Å². The van der Waals surface area contributed by atoms with Gasteiger partial charge in [-0.15, -0.1) is 0 Å². The SMILES string of the molecule is Cc1cccc(CNC(=O)C2(CN)CC2)c1. The summed E-state index contributed by atoms with van der Waals surface area (Å²) in [5.41, 5.74) is 7.71. The molecular weight excluding hydrogens is 200 g/mol. The van der Waals surface area contributed by atoms with Gasteiger partial charge >= 0.3 is 0 Å². The molecule has 0 radical (unpaired) electrons. The molecule has 1 aromatic rings. The molecule has 1 fully saturated rings. The summed E-state index contributed by atoms with van der Waals surface area (Å²) in [7, 11) is 0. The number of nitrogens with one attached hydrogen (secondary N) is 1. The molecule has 86 valence electrons. The number of hydrogen-bond acceptors (Lipinski definition) is 2. The van der Waals surface area contributed by atoms with E-state index in [2.05, 4.69) is 11.4 Å². The van der Waals surface area contributed by atoms with Crippen LogP contribution in [0.15, 0.2) is 24.3 Å². The number of nitrogens with two attached hydrogens (primary N) is 1. The van der Waals surface area contributed by atoms with Crippen molar-refractivity contribution in [3.05, 3.63) is 35.4 Å². The van der Waals surface area contributed by atoms with E-state index in [1.54, 1.807) is 0 Å². The number of carbonyl (C=O) groups excluding carboxylic acids is 1. The maximum absolute atomic E-state index is 11.8. The van der Waals surface area contributed by atoms with Crippen molar-refractivity contribution in [2.45, 2.75) is 26.3 Å². The van der Waals surface area contributed by atoms with E-state index in [1.807, 2.05) is 25.1 Å². The number of hydrogen-bond donors (Lipinski definition) is 2. The minimum absolute atomic E-state index is 0.108. The van der Waals surface area contributed by atoms with Crippen molar-refractivity contribution < 1.29 is 4.79 Å². The molecule has 3 heteroatoms. The van der Waals surface area contributed by atoms with Crippen molar-refractivity contribution >= 4 is 5.91 Å². The normalized spacial score (nSPS) is 16.9. The average Bonchev–Trinajstić information content (AvgIpc) is 3.07. The van der Waals surface area contributed by atoms with Crippen LogP contribution in [0.25, 0.3) is 0 Å². The topological polar surface area (TPSA) is 55.1 Å². The van der Waals surface area contributed by atoms with Crippen LogP contribution in [0, 0.1) is 12.3 Å². The highest BCUT2D eigenvalue weighted by atomic mass is 16.2. The molecule has 0 heterocycles. The Morgan fingerprint density at radius 3 is 2.81 bits per heavy atom. The van der Waals surface area contributed by atoms with Crippen molar-refractivity contribution in [3.8, 4) is 0 Å². The summed E-state index contributed by atoms with van der Waals surface area (Å²) in [6.45, 7) is 3.11. The molecule has 1 aromatic carbocycles. The Labute approximate surface area is 96.0 Å². The Balaban J connectivity index is 1.90. The minimum Gasteiger partial charge on any atom is -0.352 e. The van der Waals surface area contributed by atoms with E-state index < -0.39 is 0 Å². The minimum atomic E-state index is -0.246. The molecule has 0 spiro atoms. The maximum Gasteiger partial charge on any atom is 0.227 e. The fraction of sp³-hybridized carbons (Fsp3) is 0.462. The molecule has 3 nitrogen and oxygen atoms in total. The summed E-state index contributed by atoms with van der Waals surface area (Å²) in [6, 6.07) is 8.16.